The van der Waals surface area contributed by atoms with Crippen LogP contribution in [0.25, 0.3) is 33.5 Å². The molecule has 5 rings (SSSR count). The Kier molecular flexibility index (Phi) is 7.22. The van der Waals surface area contributed by atoms with Crippen LogP contribution in [0.3, 0.4) is 0 Å². The van der Waals surface area contributed by atoms with Crippen LogP contribution in [0.15, 0.2) is 102 Å². The maximum atomic E-state index is 13.3. The second kappa shape index (κ2) is 10.9. The van der Waals surface area contributed by atoms with E-state index in [4.69, 9.17) is 14.1 Å². The molecule has 2 heterocycles. The molecule has 0 aliphatic heterocycles. The summed E-state index contributed by atoms with van der Waals surface area (Å²) in [5, 5.41) is 4.39. The van der Waals surface area contributed by atoms with Gasteiger partial charge in [-0.3, -0.25) is 4.98 Å². The molecular weight excluding hydrogens is 474 g/mol. The number of aryl methyl sites for hydroxylation is 1. The number of hydrogen-bond acceptors (Lipinski definition) is 6. The van der Waals surface area contributed by atoms with E-state index < -0.39 is 11.6 Å². The third-order valence-corrected chi connectivity index (χ3v) is 6.06. The van der Waals surface area contributed by atoms with Crippen molar-refractivity contribution in [3.05, 3.63) is 103 Å². The number of nitrogens with zero attached hydrogens (tertiary/aromatic N) is 2. The van der Waals surface area contributed by atoms with Crippen molar-refractivity contribution in [2.75, 3.05) is 5.32 Å². The quantitative estimate of drug-likeness (QED) is 0.223. The highest BCUT2D eigenvalue weighted by Gasteiger charge is 2.27. The van der Waals surface area contributed by atoms with Crippen molar-refractivity contribution < 1.29 is 13.9 Å². The van der Waals surface area contributed by atoms with E-state index in [1.54, 1.807) is 6.20 Å². The molecule has 0 spiro atoms. The van der Waals surface area contributed by atoms with Gasteiger partial charge in [0.25, 0.3) is 0 Å². The summed E-state index contributed by atoms with van der Waals surface area (Å²) in [6.07, 6.45) is 2.63. The van der Waals surface area contributed by atoms with Crippen LogP contribution in [0.5, 0.6) is 0 Å². The predicted octanol–water partition coefficient (Wildman–Crippen LogP) is 7.31. The number of ether oxygens (including phenoxy) is 1. The zero-order valence-electron chi connectivity index (χ0n) is 21.8. The Morgan fingerprint density at radius 3 is 2.29 bits per heavy atom. The Bertz CT molecular complexity index is 1460. The zero-order chi connectivity index (χ0) is 26.5. The van der Waals surface area contributed by atoms with E-state index in [2.05, 4.69) is 10.3 Å². The molecule has 0 unspecified atom stereocenters. The van der Waals surface area contributed by atoms with Crippen LogP contribution in [-0.2, 0) is 16.0 Å². The number of benzene rings is 3. The lowest BCUT2D eigenvalue weighted by atomic mass is 10.1. The van der Waals surface area contributed by atoms with Crippen LogP contribution in [-0.4, -0.2) is 27.6 Å². The van der Waals surface area contributed by atoms with Crippen molar-refractivity contribution in [2.45, 2.75) is 45.3 Å². The lowest BCUT2D eigenvalue weighted by molar-refractivity contribution is -0.155. The predicted molar refractivity (Wildman–Crippen MR) is 151 cm³/mol. The van der Waals surface area contributed by atoms with Gasteiger partial charge in [-0.05, 0) is 39.3 Å². The van der Waals surface area contributed by atoms with Gasteiger partial charge in [-0.1, -0.05) is 78.9 Å². The molecule has 0 fully saturated rings. The van der Waals surface area contributed by atoms with Crippen molar-refractivity contribution >= 4 is 22.6 Å². The number of rotatable bonds is 8. The number of esters is 1. The van der Waals surface area contributed by atoms with Gasteiger partial charge >= 0.3 is 5.97 Å². The number of hydrogen-bond donors (Lipinski definition) is 1. The lowest BCUT2D eigenvalue weighted by Gasteiger charge is -2.25. The highest BCUT2D eigenvalue weighted by atomic mass is 16.6. The minimum absolute atomic E-state index is 0.330. The number of para-hydroxylation sites is 1. The minimum Gasteiger partial charge on any atom is -0.458 e. The Morgan fingerprint density at radius 1 is 0.895 bits per heavy atom. The Labute approximate surface area is 222 Å². The van der Waals surface area contributed by atoms with Crippen LogP contribution >= 0.6 is 0 Å². The average Bonchev–Trinajstić information content (AvgIpc) is 3.35. The Balaban J connectivity index is 1.44. The first-order valence-corrected chi connectivity index (χ1v) is 12.8. The second-order valence-corrected chi connectivity index (χ2v) is 10.2. The van der Waals surface area contributed by atoms with Gasteiger partial charge in [-0.15, -0.1) is 0 Å². The smallest absolute Gasteiger partial charge is 0.329 e. The SMILES string of the molecule is CC(C)(C)OC(=O)[C@@H](CCc1nc(-c2ccccc2)c(-c2ccccc2)o1)Nc1cccc2cccnc12. The van der Waals surface area contributed by atoms with E-state index in [-0.39, 0.29) is 5.97 Å². The number of nitrogens with one attached hydrogen (secondary N) is 1. The maximum Gasteiger partial charge on any atom is 0.329 e. The molecule has 5 aromatic rings. The summed E-state index contributed by atoms with van der Waals surface area (Å²) < 4.78 is 12.1. The molecule has 0 amide bonds. The van der Waals surface area contributed by atoms with Crippen molar-refractivity contribution in [3.8, 4) is 22.6 Å². The molecule has 1 atom stereocenters. The van der Waals surface area contributed by atoms with Gasteiger partial charge in [0, 0.05) is 29.1 Å². The Hall–Kier alpha value is -4.45. The van der Waals surface area contributed by atoms with Gasteiger partial charge in [-0.2, -0.15) is 0 Å². The molecule has 6 heteroatoms. The highest BCUT2D eigenvalue weighted by molar-refractivity contribution is 5.92. The molecule has 0 aliphatic carbocycles. The van der Waals surface area contributed by atoms with E-state index in [0.29, 0.717) is 24.5 Å². The molecule has 38 heavy (non-hydrogen) atoms. The third kappa shape index (κ3) is 5.92. The summed E-state index contributed by atoms with van der Waals surface area (Å²) in [6, 6.07) is 29.1. The number of carbonyl (C=O) groups excluding carboxylic acids is 1. The van der Waals surface area contributed by atoms with E-state index in [1.165, 1.54) is 0 Å². The third-order valence-electron chi connectivity index (χ3n) is 6.06. The first kappa shape index (κ1) is 25.2. The van der Waals surface area contributed by atoms with Crippen LogP contribution in [0.4, 0.5) is 5.69 Å². The summed E-state index contributed by atoms with van der Waals surface area (Å²) in [6.45, 7) is 5.61. The Morgan fingerprint density at radius 2 is 1.58 bits per heavy atom. The van der Waals surface area contributed by atoms with Crippen molar-refractivity contribution in [2.24, 2.45) is 0 Å². The average molecular weight is 506 g/mol. The fourth-order valence-electron chi connectivity index (χ4n) is 4.35. The standard InChI is InChI=1S/C32H31N3O3/c1-32(2,3)38-31(36)26(34-25-18-10-16-22-17-11-21-33-28(22)25)19-20-27-35-29(23-12-6-4-7-13-23)30(37-27)24-14-8-5-9-15-24/h4-18,21,26,34H,19-20H2,1-3H3/t26-/m1/s1. The minimum atomic E-state index is -0.617. The molecule has 3 aromatic carbocycles. The summed E-state index contributed by atoms with van der Waals surface area (Å²) in [7, 11) is 0. The van der Waals surface area contributed by atoms with Crippen LogP contribution in [0.1, 0.15) is 33.1 Å². The van der Waals surface area contributed by atoms with Crippen molar-refractivity contribution in [1.29, 1.82) is 0 Å². The normalized spacial score (nSPS) is 12.3. The summed E-state index contributed by atoms with van der Waals surface area (Å²) in [5.74, 6) is 0.949. The topological polar surface area (TPSA) is 77.2 Å². The molecule has 0 radical (unpaired) electrons. The fraction of sp³-hybridized carbons (Fsp3) is 0.219. The first-order chi connectivity index (χ1) is 18.4. The monoisotopic (exact) mass is 505 g/mol. The largest absolute Gasteiger partial charge is 0.458 e. The number of anilines is 1. The van der Waals surface area contributed by atoms with Gasteiger partial charge in [-0.25, -0.2) is 9.78 Å². The number of pyridine rings is 1. The summed E-state index contributed by atoms with van der Waals surface area (Å²) in [5.41, 5.74) is 3.68. The van der Waals surface area contributed by atoms with E-state index in [1.807, 2.05) is 112 Å². The molecule has 1 N–H and O–H groups in total. The van der Waals surface area contributed by atoms with E-state index in [0.717, 1.165) is 33.4 Å². The van der Waals surface area contributed by atoms with Gasteiger partial charge < -0.3 is 14.5 Å². The number of carbonyl (C=O) groups is 1. The summed E-state index contributed by atoms with van der Waals surface area (Å²) >= 11 is 0. The van der Waals surface area contributed by atoms with Crippen LogP contribution < -0.4 is 5.32 Å². The fourth-order valence-corrected chi connectivity index (χ4v) is 4.35. The van der Waals surface area contributed by atoms with Crippen molar-refractivity contribution in [1.82, 2.24) is 9.97 Å². The molecule has 0 saturated carbocycles. The number of fused-ring (bicyclic) bond motifs is 1. The molecule has 192 valence electrons. The van der Waals surface area contributed by atoms with Gasteiger partial charge in [0.05, 0.1) is 11.2 Å². The molecule has 0 saturated heterocycles. The molecular formula is C32H31N3O3. The van der Waals surface area contributed by atoms with Gasteiger partial charge in [0.2, 0.25) is 0 Å². The molecule has 2 aromatic heterocycles. The lowest BCUT2D eigenvalue weighted by Crippen LogP contribution is -2.37. The van der Waals surface area contributed by atoms with Gasteiger partial charge in [0.1, 0.15) is 17.3 Å². The first-order valence-electron chi connectivity index (χ1n) is 12.8. The number of oxazole rings is 1. The summed E-state index contributed by atoms with van der Waals surface area (Å²) in [4.78, 5) is 22.7. The zero-order valence-corrected chi connectivity index (χ0v) is 21.8. The van der Waals surface area contributed by atoms with Crippen LogP contribution in [0, 0.1) is 0 Å². The maximum absolute atomic E-state index is 13.3. The molecule has 6 nitrogen and oxygen atoms in total. The van der Waals surface area contributed by atoms with Gasteiger partial charge in [0.15, 0.2) is 11.7 Å². The van der Waals surface area contributed by atoms with E-state index >= 15 is 0 Å². The molecule has 0 aliphatic rings. The van der Waals surface area contributed by atoms with E-state index in [9.17, 15) is 4.79 Å². The molecule has 0 bridgehead atoms. The second-order valence-electron chi connectivity index (χ2n) is 10.2. The highest BCUT2D eigenvalue weighted by Crippen LogP contribution is 2.33. The number of aromatic nitrogens is 2. The van der Waals surface area contributed by atoms with Crippen LogP contribution in [0.2, 0.25) is 0 Å². The van der Waals surface area contributed by atoms with Crippen molar-refractivity contribution in [3.63, 3.8) is 0 Å².